The lowest BCUT2D eigenvalue weighted by molar-refractivity contribution is -0.116. The van der Waals surface area contributed by atoms with E-state index in [0.717, 1.165) is 0 Å². The summed E-state index contributed by atoms with van der Waals surface area (Å²) >= 11 is 5.56. The number of benzene rings is 1. The normalized spacial score (nSPS) is 9.85. The van der Waals surface area contributed by atoms with Crippen LogP contribution in [0, 0.1) is 5.82 Å². The molecular formula is C9H9ClFNO. The number of carbonyl (C=O) groups excluding carboxylic acids is 1. The Labute approximate surface area is 80.9 Å². The molecule has 1 amide bonds. The summed E-state index contributed by atoms with van der Waals surface area (Å²) in [6.45, 7) is 1.37. The van der Waals surface area contributed by atoms with E-state index in [1.807, 2.05) is 0 Å². The lowest BCUT2D eigenvalue weighted by Crippen LogP contribution is -2.23. The van der Waals surface area contributed by atoms with Gasteiger partial charge in [0, 0.05) is 19.0 Å². The van der Waals surface area contributed by atoms with E-state index in [1.165, 1.54) is 31.0 Å². The maximum Gasteiger partial charge on any atom is 0.223 e. The molecule has 0 aliphatic heterocycles. The van der Waals surface area contributed by atoms with E-state index in [-0.39, 0.29) is 11.6 Å². The van der Waals surface area contributed by atoms with Crippen molar-refractivity contribution in [3.05, 3.63) is 29.0 Å². The quantitative estimate of drug-likeness (QED) is 0.684. The van der Waals surface area contributed by atoms with E-state index < -0.39 is 5.82 Å². The molecule has 0 unspecified atom stereocenters. The number of rotatable bonds is 1. The number of hydrogen-bond acceptors (Lipinski definition) is 1. The third-order valence-electron chi connectivity index (χ3n) is 1.74. The third kappa shape index (κ3) is 2.18. The Balaban J connectivity index is 3.08. The molecule has 0 saturated heterocycles. The Bertz CT molecular complexity index is 340. The molecule has 0 N–H and O–H groups in total. The summed E-state index contributed by atoms with van der Waals surface area (Å²) in [4.78, 5) is 12.1. The summed E-state index contributed by atoms with van der Waals surface area (Å²) in [6, 6.07) is 4.19. The van der Waals surface area contributed by atoms with E-state index in [4.69, 9.17) is 11.6 Å². The molecule has 2 nitrogen and oxygen atoms in total. The van der Waals surface area contributed by atoms with Gasteiger partial charge >= 0.3 is 0 Å². The highest BCUT2D eigenvalue weighted by atomic mass is 35.5. The first-order chi connectivity index (χ1) is 6.02. The number of amides is 1. The van der Waals surface area contributed by atoms with Crippen molar-refractivity contribution in [2.75, 3.05) is 11.9 Å². The summed E-state index contributed by atoms with van der Waals surface area (Å²) < 4.78 is 13.2. The van der Waals surface area contributed by atoms with Crippen LogP contribution in [0.25, 0.3) is 0 Å². The van der Waals surface area contributed by atoms with Crippen LogP contribution in [-0.4, -0.2) is 13.0 Å². The minimum Gasteiger partial charge on any atom is -0.313 e. The van der Waals surface area contributed by atoms with Crippen molar-refractivity contribution in [2.45, 2.75) is 6.92 Å². The molecule has 1 rings (SSSR count). The number of carbonyl (C=O) groups is 1. The van der Waals surface area contributed by atoms with Crippen molar-refractivity contribution in [1.29, 1.82) is 0 Å². The molecular weight excluding hydrogens is 193 g/mol. The van der Waals surface area contributed by atoms with Gasteiger partial charge in [0.05, 0.1) is 5.69 Å². The molecule has 0 fully saturated rings. The molecule has 0 aromatic heterocycles. The van der Waals surface area contributed by atoms with Gasteiger partial charge in [0.25, 0.3) is 0 Å². The van der Waals surface area contributed by atoms with Crippen molar-refractivity contribution in [3.63, 3.8) is 0 Å². The number of halogens is 2. The van der Waals surface area contributed by atoms with Gasteiger partial charge in [-0.2, -0.15) is 0 Å². The molecule has 13 heavy (non-hydrogen) atoms. The number of hydrogen-bond donors (Lipinski definition) is 0. The predicted octanol–water partition coefficient (Wildman–Crippen LogP) is 2.46. The third-order valence-corrected chi connectivity index (χ3v) is 1.98. The maximum absolute atomic E-state index is 13.2. The highest BCUT2D eigenvalue weighted by molar-refractivity contribution is 6.30. The van der Waals surface area contributed by atoms with Gasteiger partial charge in [0.2, 0.25) is 5.91 Å². The molecule has 0 aliphatic carbocycles. The number of nitrogens with zero attached hydrogens (tertiary/aromatic N) is 1. The second-order valence-corrected chi connectivity index (χ2v) is 3.11. The zero-order chi connectivity index (χ0) is 10.0. The highest BCUT2D eigenvalue weighted by Gasteiger charge is 2.10. The van der Waals surface area contributed by atoms with E-state index in [9.17, 15) is 9.18 Å². The van der Waals surface area contributed by atoms with Gasteiger partial charge in [-0.15, -0.1) is 0 Å². The first-order valence-electron chi connectivity index (χ1n) is 3.71. The number of anilines is 1. The fraction of sp³-hybridized carbons (Fsp3) is 0.222. The monoisotopic (exact) mass is 201 g/mol. The largest absolute Gasteiger partial charge is 0.313 e. The first kappa shape index (κ1) is 9.99. The zero-order valence-electron chi connectivity index (χ0n) is 7.34. The second-order valence-electron chi connectivity index (χ2n) is 2.67. The van der Waals surface area contributed by atoms with Crippen molar-refractivity contribution in [1.82, 2.24) is 0 Å². The lowest BCUT2D eigenvalue weighted by atomic mass is 10.3. The second kappa shape index (κ2) is 3.75. The Hall–Kier alpha value is -1.09. The van der Waals surface area contributed by atoms with E-state index in [0.29, 0.717) is 5.02 Å². The minimum atomic E-state index is -0.495. The molecule has 0 atom stereocenters. The lowest BCUT2D eigenvalue weighted by Gasteiger charge is -2.15. The van der Waals surface area contributed by atoms with Gasteiger partial charge in [-0.3, -0.25) is 4.79 Å². The SMILES string of the molecule is CC(=O)N(C)c1ccc(Cl)cc1F. The standard InChI is InChI=1S/C9H9ClFNO/c1-6(13)12(2)9-4-3-7(10)5-8(9)11/h3-5H,1-2H3. The molecule has 70 valence electrons. The molecule has 4 heteroatoms. The Morgan fingerprint density at radius 3 is 2.62 bits per heavy atom. The average molecular weight is 202 g/mol. The van der Waals surface area contributed by atoms with E-state index in [2.05, 4.69) is 0 Å². The minimum absolute atomic E-state index is 0.221. The van der Waals surface area contributed by atoms with Crippen LogP contribution in [0.2, 0.25) is 5.02 Å². The smallest absolute Gasteiger partial charge is 0.223 e. The van der Waals surface area contributed by atoms with Crippen LogP contribution in [0.5, 0.6) is 0 Å². The summed E-state index contributed by atoms with van der Waals surface area (Å²) in [5, 5.41) is 0.318. The van der Waals surface area contributed by atoms with E-state index >= 15 is 0 Å². The molecule has 0 aliphatic rings. The Morgan fingerprint density at radius 1 is 1.54 bits per heavy atom. The average Bonchev–Trinajstić information content (AvgIpc) is 2.03. The Kier molecular flexibility index (Phi) is 2.88. The van der Waals surface area contributed by atoms with Gasteiger partial charge < -0.3 is 4.90 Å². The van der Waals surface area contributed by atoms with Crippen molar-refractivity contribution >= 4 is 23.2 Å². The van der Waals surface area contributed by atoms with Crippen LogP contribution in [0.3, 0.4) is 0 Å². The van der Waals surface area contributed by atoms with Crippen molar-refractivity contribution in [2.24, 2.45) is 0 Å². The zero-order valence-corrected chi connectivity index (χ0v) is 8.10. The maximum atomic E-state index is 13.2. The fourth-order valence-corrected chi connectivity index (χ4v) is 1.08. The highest BCUT2D eigenvalue weighted by Crippen LogP contribution is 2.21. The summed E-state index contributed by atoms with van der Waals surface area (Å²) in [5.74, 6) is -0.716. The van der Waals surface area contributed by atoms with Gasteiger partial charge in [-0.1, -0.05) is 11.6 Å². The van der Waals surface area contributed by atoms with E-state index in [1.54, 1.807) is 6.07 Å². The van der Waals surface area contributed by atoms with Crippen LogP contribution in [0.1, 0.15) is 6.92 Å². The molecule has 0 heterocycles. The first-order valence-corrected chi connectivity index (χ1v) is 4.09. The van der Waals surface area contributed by atoms with Crippen LogP contribution >= 0.6 is 11.6 Å². The molecule has 0 bridgehead atoms. The Morgan fingerprint density at radius 2 is 2.15 bits per heavy atom. The summed E-state index contributed by atoms with van der Waals surface area (Å²) in [5.41, 5.74) is 0.233. The topological polar surface area (TPSA) is 20.3 Å². The molecule has 0 saturated carbocycles. The molecule has 0 radical (unpaired) electrons. The van der Waals surface area contributed by atoms with Gasteiger partial charge in [-0.25, -0.2) is 4.39 Å². The molecule has 1 aromatic carbocycles. The summed E-state index contributed by atoms with van der Waals surface area (Å²) in [7, 11) is 1.51. The van der Waals surface area contributed by atoms with Gasteiger partial charge in [0.15, 0.2) is 0 Å². The fourth-order valence-electron chi connectivity index (χ4n) is 0.923. The molecule has 1 aromatic rings. The predicted molar refractivity (Wildman–Crippen MR) is 50.5 cm³/mol. The molecule has 0 spiro atoms. The van der Waals surface area contributed by atoms with Crippen molar-refractivity contribution in [3.8, 4) is 0 Å². The summed E-state index contributed by atoms with van der Waals surface area (Å²) in [6.07, 6.45) is 0. The van der Waals surface area contributed by atoms with Gasteiger partial charge in [-0.05, 0) is 18.2 Å². The van der Waals surface area contributed by atoms with Crippen LogP contribution in [-0.2, 0) is 4.79 Å². The van der Waals surface area contributed by atoms with Crippen LogP contribution in [0.15, 0.2) is 18.2 Å². The van der Waals surface area contributed by atoms with Crippen molar-refractivity contribution < 1.29 is 9.18 Å². The van der Waals surface area contributed by atoms with Gasteiger partial charge in [0.1, 0.15) is 5.82 Å². The van der Waals surface area contributed by atoms with Crippen LogP contribution in [0.4, 0.5) is 10.1 Å². The van der Waals surface area contributed by atoms with Crippen LogP contribution < -0.4 is 4.90 Å².